The molecule has 0 saturated heterocycles. The van der Waals surface area contributed by atoms with Crippen LogP contribution >= 0.6 is 0 Å². The number of rotatable bonds is 6. The molecule has 0 aromatic heterocycles. The smallest absolute Gasteiger partial charge is 0.255 e. The van der Waals surface area contributed by atoms with Crippen LogP contribution in [0.15, 0.2) is 42.5 Å². The van der Waals surface area contributed by atoms with Gasteiger partial charge in [0.15, 0.2) is 5.82 Å². The first-order chi connectivity index (χ1) is 11.5. The van der Waals surface area contributed by atoms with Gasteiger partial charge >= 0.3 is 0 Å². The molecule has 0 heterocycles. The number of nitrogens with one attached hydrogen (secondary N) is 2. The lowest BCUT2D eigenvalue weighted by molar-refractivity contribution is -0.117. The SMILES string of the molecule is COCCC(=O)Nc1c(F)ccc(NC(=O)c2ccccc2)c1F. The number of hydrogen-bond donors (Lipinski definition) is 2. The number of methoxy groups -OCH3 is 1. The molecule has 0 aliphatic rings. The Bertz CT molecular complexity index is 736. The standard InChI is InChI=1S/C17H16F2N2O3/c1-24-10-9-14(22)21-16-12(18)7-8-13(15(16)19)20-17(23)11-5-3-2-4-6-11/h2-8H,9-10H2,1H3,(H,20,23)(H,21,22). The van der Waals surface area contributed by atoms with E-state index in [0.717, 1.165) is 12.1 Å². The van der Waals surface area contributed by atoms with Gasteiger partial charge in [0, 0.05) is 12.7 Å². The summed E-state index contributed by atoms with van der Waals surface area (Å²) in [7, 11) is 1.41. The first-order valence-electron chi connectivity index (χ1n) is 7.16. The van der Waals surface area contributed by atoms with E-state index >= 15 is 0 Å². The summed E-state index contributed by atoms with van der Waals surface area (Å²) in [6.07, 6.45) is -0.0457. The molecule has 0 atom stereocenters. The molecule has 2 N–H and O–H groups in total. The molecule has 7 heteroatoms. The molecule has 2 rings (SSSR count). The summed E-state index contributed by atoms with van der Waals surface area (Å²) in [5.74, 6) is -3.13. The van der Waals surface area contributed by atoms with Crippen molar-refractivity contribution in [2.75, 3.05) is 24.4 Å². The minimum Gasteiger partial charge on any atom is -0.384 e. The quantitative estimate of drug-likeness (QED) is 0.852. The van der Waals surface area contributed by atoms with E-state index in [9.17, 15) is 18.4 Å². The van der Waals surface area contributed by atoms with Crippen molar-refractivity contribution in [3.05, 3.63) is 59.7 Å². The lowest BCUT2D eigenvalue weighted by atomic mass is 10.2. The molecule has 0 aliphatic heterocycles. The first kappa shape index (κ1) is 17.6. The summed E-state index contributed by atoms with van der Waals surface area (Å²) in [5.41, 5.74) is -0.513. The summed E-state index contributed by atoms with van der Waals surface area (Å²) in [5, 5.41) is 4.50. The summed E-state index contributed by atoms with van der Waals surface area (Å²) in [6, 6.07) is 10.2. The fourth-order valence-electron chi connectivity index (χ4n) is 1.94. The maximum Gasteiger partial charge on any atom is 0.255 e. The van der Waals surface area contributed by atoms with Crippen molar-refractivity contribution in [2.24, 2.45) is 0 Å². The van der Waals surface area contributed by atoms with E-state index in [1.54, 1.807) is 30.3 Å². The Balaban J connectivity index is 2.18. The number of hydrogen-bond acceptors (Lipinski definition) is 3. The van der Waals surface area contributed by atoms with Crippen molar-refractivity contribution in [3.63, 3.8) is 0 Å². The van der Waals surface area contributed by atoms with Crippen molar-refractivity contribution in [2.45, 2.75) is 6.42 Å². The Kier molecular flexibility index (Phi) is 5.97. The highest BCUT2D eigenvalue weighted by Gasteiger charge is 2.18. The van der Waals surface area contributed by atoms with Crippen molar-refractivity contribution in [3.8, 4) is 0 Å². The molecule has 0 spiro atoms. The number of carbonyl (C=O) groups excluding carboxylic acids is 2. The Morgan fingerprint density at radius 2 is 1.75 bits per heavy atom. The zero-order valence-electron chi connectivity index (χ0n) is 12.9. The van der Waals surface area contributed by atoms with Gasteiger partial charge in [0.1, 0.15) is 11.5 Å². The molecule has 2 amide bonds. The normalized spacial score (nSPS) is 10.3. The van der Waals surface area contributed by atoms with E-state index in [4.69, 9.17) is 4.74 Å². The van der Waals surface area contributed by atoms with Gasteiger partial charge in [-0.15, -0.1) is 0 Å². The summed E-state index contributed by atoms with van der Waals surface area (Å²) < 4.78 is 32.9. The maximum absolute atomic E-state index is 14.4. The van der Waals surface area contributed by atoms with Gasteiger partial charge in [0.25, 0.3) is 5.91 Å². The van der Waals surface area contributed by atoms with Gasteiger partial charge in [-0.1, -0.05) is 18.2 Å². The van der Waals surface area contributed by atoms with Crippen LogP contribution in [0.3, 0.4) is 0 Å². The highest BCUT2D eigenvalue weighted by molar-refractivity contribution is 6.04. The minimum absolute atomic E-state index is 0.0457. The molecule has 2 aromatic rings. The lowest BCUT2D eigenvalue weighted by Gasteiger charge is -2.12. The lowest BCUT2D eigenvalue weighted by Crippen LogP contribution is -2.18. The average Bonchev–Trinajstić information content (AvgIpc) is 2.60. The molecule has 0 radical (unpaired) electrons. The molecule has 0 unspecified atom stereocenters. The summed E-state index contributed by atoms with van der Waals surface area (Å²) in [6.45, 7) is 0.125. The highest BCUT2D eigenvalue weighted by Crippen LogP contribution is 2.26. The third-order valence-corrected chi connectivity index (χ3v) is 3.17. The predicted molar refractivity (Wildman–Crippen MR) is 85.9 cm³/mol. The van der Waals surface area contributed by atoms with Crippen molar-refractivity contribution < 1.29 is 23.1 Å². The van der Waals surface area contributed by atoms with E-state index in [2.05, 4.69) is 10.6 Å². The number of ether oxygens (including phenoxy) is 1. The van der Waals surface area contributed by atoms with Crippen molar-refractivity contribution >= 4 is 23.2 Å². The zero-order chi connectivity index (χ0) is 17.5. The second kappa shape index (κ2) is 8.16. The highest BCUT2D eigenvalue weighted by atomic mass is 19.1. The van der Waals surface area contributed by atoms with Gasteiger partial charge in [0.2, 0.25) is 5.91 Å². The summed E-state index contributed by atoms with van der Waals surface area (Å²) in [4.78, 5) is 23.7. The molecule has 0 aliphatic carbocycles. The maximum atomic E-state index is 14.4. The fraction of sp³-hybridized carbons (Fsp3) is 0.176. The van der Waals surface area contributed by atoms with E-state index in [0.29, 0.717) is 5.56 Å². The van der Waals surface area contributed by atoms with Crippen molar-refractivity contribution in [1.82, 2.24) is 0 Å². The van der Waals surface area contributed by atoms with Crippen LogP contribution in [0.5, 0.6) is 0 Å². The number of anilines is 2. The monoisotopic (exact) mass is 334 g/mol. The Labute approximate surface area is 137 Å². The van der Waals surface area contributed by atoms with E-state index in [-0.39, 0.29) is 18.7 Å². The molecule has 126 valence electrons. The topological polar surface area (TPSA) is 67.4 Å². The second-order valence-electron chi connectivity index (χ2n) is 4.90. The molecular formula is C17H16F2N2O3. The Morgan fingerprint density at radius 1 is 1.04 bits per heavy atom. The van der Waals surface area contributed by atoms with Crippen LogP contribution in [0.4, 0.5) is 20.2 Å². The van der Waals surface area contributed by atoms with Crippen LogP contribution in [0.25, 0.3) is 0 Å². The molecular weight excluding hydrogens is 318 g/mol. The van der Waals surface area contributed by atoms with Gasteiger partial charge < -0.3 is 15.4 Å². The third-order valence-electron chi connectivity index (χ3n) is 3.17. The first-order valence-corrected chi connectivity index (χ1v) is 7.16. The van der Waals surface area contributed by atoms with Crippen LogP contribution in [0, 0.1) is 11.6 Å². The molecule has 24 heavy (non-hydrogen) atoms. The molecule has 2 aromatic carbocycles. The third kappa shape index (κ3) is 4.36. The van der Waals surface area contributed by atoms with Gasteiger partial charge in [-0.25, -0.2) is 8.78 Å². The van der Waals surface area contributed by atoms with E-state index in [1.165, 1.54) is 7.11 Å². The average molecular weight is 334 g/mol. The number of carbonyl (C=O) groups is 2. The van der Waals surface area contributed by atoms with Gasteiger partial charge in [0.05, 0.1) is 18.7 Å². The zero-order valence-corrected chi connectivity index (χ0v) is 12.9. The van der Waals surface area contributed by atoms with Crippen LogP contribution < -0.4 is 10.6 Å². The number of amides is 2. The van der Waals surface area contributed by atoms with E-state index in [1.807, 2.05) is 0 Å². The number of benzene rings is 2. The van der Waals surface area contributed by atoms with Gasteiger partial charge in [-0.05, 0) is 24.3 Å². The van der Waals surface area contributed by atoms with E-state index < -0.39 is 29.1 Å². The Morgan fingerprint density at radius 3 is 2.42 bits per heavy atom. The van der Waals surface area contributed by atoms with Crippen molar-refractivity contribution in [1.29, 1.82) is 0 Å². The van der Waals surface area contributed by atoms with Crippen LogP contribution in [-0.2, 0) is 9.53 Å². The van der Waals surface area contributed by atoms with Crippen LogP contribution in [0.1, 0.15) is 16.8 Å². The second-order valence-corrected chi connectivity index (χ2v) is 4.90. The fourth-order valence-corrected chi connectivity index (χ4v) is 1.94. The molecule has 0 bridgehead atoms. The molecule has 0 fully saturated rings. The number of halogens is 2. The Hall–Kier alpha value is -2.80. The van der Waals surface area contributed by atoms with Crippen LogP contribution in [0.2, 0.25) is 0 Å². The molecule has 5 nitrogen and oxygen atoms in total. The van der Waals surface area contributed by atoms with Gasteiger partial charge in [-0.3, -0.25) is 9.59 Å². The minimum atomic E-state index is -1.05. The van der Waals surface area contributed by atoms with Gasteiger partial charge in [-0.2, -0.15) is 0 Å². The summed E-state index contributed by atoms with van der Waals surface area (Å²) >= 11 is 0. The predicted octanol–water partition coefficient (Wildman–Crippen LogP) is 3.19. The molecule has 0 saturated carbocycles. The van der Waals surface area contributed by atoms with Crippen LogP contribution in [-0.4, -0.2) is 25.5 Å². The largest absolute Gasteiger partial charge is 0.384 e.